The number of allylic oxidation sites excluding steroid dienone is 3. The van der Waals surface area contributed by atoms with Crippen LogP contribution in [-0.2, 0) is 6.42 Å². The Morgan fingerprint density at radius 3 is 2.59 bits per heavy atom. The number of aliphatic imine (C=N–C) groups is 1. The molecule has 0 bridgehead atoms. The van der Waals surface area contributed by atoms with Crippen LogP contribution in [0.3, 0.4) is 0 Å². The summed E-state index contributed by atoms with van der Waals surface area (Å²) in [4.78, 5) is 16.4. The fourth-order valence-corrected chi connectivity index (χ4v) is 2.73. The second-order valence-electron chi connectivity index (χ2n) is 6.33. The maximum atomic E-state index is 11.9. The summed E-state index contributed by atoms with van der Waals surface area (Å²) in [6.45, 7) is 7.44. The lowest BCUT2D eigenvalue weighted by Gasteiger charge is -2.09. The van der Waals surface area contributed by atoms with Gasteiger partial charge in [-0.05, 0) is 43.4 Å². The third-order valence-corrected chi connectivity index (χ3v) is 4.15. The van der Waals surface area contributed by atoms with Crippen molar-refractivity contribution in [1.82, 2.24) is 16.0 Å². The molecule has 5 heteroatoms. The number of rotatable bonds is 11. The predicted octanol–water partition coefficient (Wildman–Crippen LogP) is 4.10. The van der Waals surface area contributed by atoms with Crippen molar-refractivity contribution in [2.24, 2.45) is 4.99 Å². The van der Waals surface area contributed by atoms with Gasteiger partial charge in [0.05, 0.1) is 0 Å². The molecule has 0 aliphatic heterocycles. The first-order valence-electron chi connectivity index (χ1n) is 9.74. The molecule has 0 saturated heterocycles. The average molecular weight is 371 g/mol. The van der Waals surface area contributed by atoms with Crippen LogP contribution in [-0.4, -0.2) is 32.4 Å². The minimum atomic E-state index is -0.137. The van der Waals surface area contributed by atoms with Gasteiger partial charge in [0.2, 0.25) is 0 Å². The van der Waals surface area contributed by atoms with Crippen molar-refractivity contribution >= 4 is 12.2 Å². The number of nitrogens with one attached hydrogen (secondary N) is 3. The summed E-state index contributed by atoms with van der Waals surface area (Å²) in [5.41, 5.74) is 3.71. The first kappa shape index (κ1) is 22.5. The Kier molecular flexibility index (Phi) is 11.3. The molecule has 0 atom stereocenters. The Balaban J connectivity index is 2.33. The molecule has 0 unspecified atom stereocenters. The van der Waals surface area contributed by atoms with Gasteiger partial charge in [-0.1, -0.05) is 49.8 Å². The molecule has 0 radical (unpaired) electrons. The van der Waals surface area contributed by atoms with Gasteiger partial charge in [0.15, 0.2) is 0 Å². The standard InChI is InChI=1S/C22H34N4O/c1-5-10-20(11-6-2)21(23-4)24-15-9-16-25-22(27)26-17-14-19-13-8-7-12-18(19)3/h5,7-8,10,12-13,15,23H,6,9,11,14,16-17H2,1-4H3,(H2,25,26,27)/b10-5-,21-20+,24-15+. The van der Waals surface area contributed by atoms with E-state index in [1.165, 1.54) is 16.7 Å². The maximum absolute atomic E-state index is 11.9. The van der Waals surface area contributed by atoms with Crippen molar-refractivity contribution in [3.05, 3.63) is 58.9 Å². The summed E-state index contributed by atoms with van der Waals surface area (Å²) < 4.78 is 0. The number of hydrogen-bond donors (Lipinski definition) is 3. The van der Waals surface area contributed by atoms with E-state index in [0.29, 0.717) is 19.5 Å². The molecule has 1 aromatic rings. The minimum Gasteiger partial charge on any atom is -0.373 e. The summed E-state index contributed by atoms with van der Waals surface area (Å²) in [6.07, 6.45) is 9.55. The molecule has 2 amide bonds. The van der Waals surface area contributed by atoms with Crippen LogP contribution in [0.25, 0.3) is 0 Å². The first-order chi connectivity index (χ1) is 13.1. The molecule has 0 aliphatic rings. The molecule has 0 fully saturated rings. The molecule has 3 N–H and O–H groups in total. The van der Waals surface area contributed by atoms with E-state index < -0.39 is 0 Å². The normalized spacial score (nSPS) is 12.3. The second-order valence-corrected chi connectivity index (χ2v) is 6.33. The van der Waals surface area contributed by atoms with Crippen molar-refractivity contribution < 1.29 is 4.79 Å². The summed E-state index contributed by atoms with van der Waals surface area (Å²) in [5.74, 6) is 0.887. The lowest BCUT2D eigenvalue weighted by atomic mass is 10.1. The molecule has 0 saturated carbocycles. The van der Waals surface area contributed by atoms with Crippen LogP contribution in [0.15, 0.2) is 52.8 Å². The topological polar surface area (TPSA) is 65.5 Å². The van der Waals surface area contributed by atoms with Crippen LogP contribution in [0, 0.1) is 6.92 Å². The van der Waals surface area contributed by atoms with E-state index in [1.54, 1.807) is 0 Å². The Bertz CT molecular complexity index is 662. The van der Waals surface area contributed by atoms with Crippen molar-refractivity contribution in [3.63, 3.8) is 0 Å². The molecular weight excluding hydrogens is 336 g/mol. The fraction of sp³-hybridized carbons (Fsp3) is 0.455. The Morgan fingerprint density at radius 1 is 1.19 bits per heavy atom. The van der Waals surface area contributed by atoms with E-state index >= 15 is 0 Å². The van der Waals surface area contributed by atoms with Crippen molar-refractivity contribution in [2.45, 2.75) is 46.5 Å². The third-order valence-electron chi connectivity index (χ3n) is 4.15. The summed E-state index contributed by atoms with van der Waals surface area (Å²) >= 11 is 0. The third kappa shape index (κ3) is 9.08. The molecule has 5 nitrogen and oxygen atoms in total. The number of benzene rings is 1. The molecular formula is C22H34N4O. The highest BCUT2D eigenvalue weighted by Gasteiger charge is 2.01. The molecule has 0 aliphatic carbocycles. The molecule has 0 heterocycles. The zero-order valence-electron chi connectivity index (χ0n) is 17.1. The number of carbonyl (C=O) groups is 1. The van der Waals surface area contributed by atoms with Gasteiger partial charge in [0.25, 0.3) is 0 Å². The summed E-state index contributed by atoms with van der Waals surface area (Å²) in [7, 11) is 1.88. The summed E-state index contributed by atoms with van der Waals surface area (Å²) in [5, 5.41) is 8.91. The number of hydrogen-bond acceptors (Lipinski definition) is 3. The average Bonchev–Trinajstić information content (AvgIpc) is 2.66. The molecule has 1 aromatic carbocycles. The molecule has 148 valence electrons. The number of nitrogens with zero attached hydrogens (tertiary/aromatic N) is 1. The Morgan fingerprint density at radius 2 is 1.93 bits per heavy atom. The van der Waals surface area contributed by atoms with Crippen molar-refractivity contribution in [2.75, 3.05) is 20.1 Å². The molecule has 0 spiro atoms. The quantitative estimate of drug-likeness (QED) is 0.312. The lowest BCUT2D eigenvalue weighted by molar-refractivity contribution is 0.241. The Labute approximate surface area is 164 Å². The van der Waals surface area contributed by atoms with Gasteiger partial charge in [-0.25, -0.2) is 9.79 Å². The van der Waals surface area contributed by atoms with Crippen molar-refractivity contribution in [3.8, 4) is 0 Å². The molecule has 1 rings (SSSR count). The molecule has 0 aromatic heterocycles. The van der Waals surface area contributed by atoms with Gasteiger partial charge in [-0.3, -0.25) is 0 Å². The number of carbonyl (C=O) groups excluding carboxylic acids is 1. The van der Waals surface area contributed by atoms with Gasteiger partial charge < -0.3 is 16.0 Å². The van der Waals surface area contributed by atoms with Crippen LogP contribution in [0.1, 0.15) is 44.2 Å². The largest absolute Gasteiger partial charge is 0.373 e. The van der Waals surface area contributed by atoms with E-state index in [4.69, 9.17) is 0 Å². The predicted molar refractivity (Wildman–Crippen MR) is 115 cm³/mol. The van der Waals surface area contributed by atoms with Crippen LogP contribution in [0.2, 0.25) is 0 Å². The number of urea groups is 1. The van der Waals surface area contributed by atoms with E-state index in [1.807, 2.05) is 38.4 Å². The second kappa shape index (κ2) is 13.6. The number of aryl methyl sites for hydroxylation is 1. The van der Waals surface area contributed by atoms with Crippen LogP contribution in [0.4, 0.5) is 4.79 Å². The lowest BCUT2D eigenvalue weighted by Crippen LogP contribution is -2.37. The van der Waals surface area contributed by atoms with Gasteiger partial charge in [0, 0.05) is 32.8 Å². The van der Waals surface area contributed by atoms with Gasteiger partial charge in [-0.15, -0.1) is 0 Å². The monoisotopic (exact) mass is 370 g/mol. The minimum absolute atomic E-state index is 0.137. The smallest absolute Gasteiger partial charge is 0.314 e. The number of amides is 2. The maximum Gasteiger partial charge on any atom is 0.314 e. The van der Waals surface area contributed by atoms with E-state index in [0.717, 1.165) is 25.1 Å². The van der Waals surface area contributed by atoms with Gasteiger partial charge in [0.1, 0.15) is 5.82 Å². The Hall–Kier alpha value is -2.56. The van der Waals surface area contributed by atoms with Gasteiger partial charge >= 0.3 is 6.03 Å². The highest BCUT2D eigenvalue weighted by Crippen LogP contribution is 2.12. The van der Waals surface area contributed by atoms with E-state index in [2.05, 4.69) is 53.0 Å². The van der Waals surface area contributed by atoms with Crippen LogP contribution < -0.4 is 16.0 Å². The van der Waals surface area contributed by atoms with Crippen LogP contribution >= 0.6 is 0 Å². The van der Waals surface area contributed by atoms with Crippen LogP contribution in [0.5, 0.6) is 0 Å². The van der Waals surface area contributed by atoms with E-state index in [9.17, 15) is 4.79 Å². The van der Waals surface area contributed by atoms with E-state index in [-0.39, 0.29) is 6.03 Å². The zero-order chi connectivity index (χ0) is 19.9. The van der Waals surface area contributed by atoms with Crippen molar-refractivity contribution in [1.29, 1.82) is 0 Å². The first-order valence-corrected chi connectivity index (χ1v) is 9.74. The fourth-order valence-electron chi connectivity index (χ4n) is 2.73. The highest BCUT2D eigenvalue weighted by atomic mass is 16.2. The zero-order valence-corrected chi connectivity index (χ0v) is 17.1. The van der Waals surface area contributed by atoms with Gasteiger partial charge in [-0.2, -0.15) is 0 Å². The highest BCUT2D eigenvalue weighted by molar-refractivity contribution is 5.74. The SMILES string of the molecule is C\C=C/C(CCC)=C(\N=C\CCNC(=O)NCCc1ccccc1C)NC. The molecule has 27 heavy (non-hydrogen) atoms. The summed E-state index contributed by atoms with van der Waals surface area (Å²) in [6, 6.07) is 8.10.